The van der Waals surface area contributed by atoms with Crippen LogP contribution in [0.15, 0.2) is 36.4 Å². The van der Waals surface area contributed by atoms with Crippen molar-refractivity contribution in [3.8, 4) is 11.3 Å². The highest BCUT2D eigenvalue weighted by Crippen LogP contribution is 2.30. The van der Waals surface area contributed by atoms with Crippen LogP contribution in [0.25, 0.3) is 22.2 Å². The number of nitrogens with zero attached hydrogens (tertiary/aromatic N) is 1. The summed E-state index contributed by atoms with van der Waals surface area (Å²) in [6.45, 7) is 7.97. The Labute approximate surface area is 135 Å². The largest absolute Gasteiger partial charge is 0.478 e. The summed E-state index contributed by atoms with van der Waals surface area (Å²) >= 11 is 0. The number of aromatic nitrogens is 1. The molecule has 0 aliphatic heterocycles. The summed E-state index contributed by atoms with van der Waals surface area (Å²) in [6.07, 6.45) is 0. The molecule has 0 saturated heterocycles. The zero-order valence-electron chi connectivity index (χ0n) is 13.8. The molecule has 1 heterocycles. The van der Waals surface area contributed by atoms with Gasteiger partial charge in [-0.1, -0.05) is 23.8 Å². The molecular weight excluding hydrogens is 286 g/mol. The number of carboxylic acid groups (broad SMARTS) is 1. The highest BCUT2D eigenvalue weighted by molar-refractivity contribution is 6.05. The van der Waals surface area contributed by atoms with Crippen LogP contribution in [0.4, 0.5) is 0 Å². The van der Waals surface area contributed by atoms with Gasteiger partial charge in [0.1, 0.15) is 0 Å². The van der Waals surface area contributed by atoms with Crippen molar-refractivity contribution in [2.24, 2.45) is 0 Å². The monoisotopic (exact) mass is 305 g/mol. The van der Waals surface area contributed by atoms with Crippen molar-refractivity contribution in [2.75, 3.05) is 0 Å². The maximum Gasteiger partial charge on any atom is 0.336 e. The van der Waals surface area contributed by atoms with Gasteiger partial charge in [0.2, 0.25) is 0 Å². The van der Waals surface area contributed by atoms with Crippen LogP contribution in [0, 0.1) is 27.7 Å². The highest BCUT2D eigenvalue weighted by atomic mass is 16.4. The van der Waals surface area contributed by atoms with E-state index in [9.17, 15) is 9.90 Å². The van der Waals surface area contributed by atoms with Crippen LogP contribution in [0.3, 0.4) is 0 Å². The molecule has 0 unspecified atom stereocenters. The molecule has 0 amide bonds. The van der Waals surface area contributed by atoms with Crippen molar-refractivity contribution in [3.63, 3.8) is 0 Å². The fourth-order valence-electron chi connectivity index (χ4n) is 3.07. The number of pyridine rings is 1. The van der Waals surface area contributed by atoms with Crippen molar-refractivity contribution in [1.82, 2.24) is 4.98 Å². The molecular formula is C20H19NO2. The van der Waals surface area contributed by atoms with E-state index in [-0.39, 0.29) is 0 Å². The van der Waals surface area contributed by atoms with Gasteiger partial charge in [-0.2, -0.15) is 0 Å². The van der Waals surface area contributed by atoms with E-state index < -0.39 is 5.97 Å². The maximum absolute atomic E-state index is 11.8. The molecule has 0 radical (unpaired) electrons. The van der Waals surface area contributed by atoms with Gasteiger partial charge < -0.3 is 5.11 Å². The zero-order chi connectivity index (χ0) is 16.7. The molecule has 3 rings (SSSR count). The van der Waals surface area contributed by atoms with E-state index in [1.807, 2.05) is 52.0 Å². The topological polar surface area (TPSA) is 50.2 Å². The summed E-state index contributed by atoms with van der Waals surface area (Å²) in [4.78, 5) is 16.5. The van der Waals surface area contributed by atoms with Crippen LogP contribution in [0.2, 0.25) is 0 Å². The van der Waals surface area contributed by atoms with Gasteiger partial charge in [-0.3, -0.25) is 0 Å². The summed E-state index contributed by atoms with van der Waals surface area (Å²) in [7, 11) is 0. The van der Waals surface area contributed by atoms with Crippen molar-refractivity contribution in [1.29, 1.82) is 0 Å². The number of hydrogen-bond donors (Lipinski definition) is 1. The number of hydrogen-bond acceptors (Lipinski definition) is 2. The third-order valence-corrected chi connectivity index (χ3v) is 4.15. The Morgan fingerprint density at radius 3 is 2.35 bits per heavy atom. The second kappa shape index (κ2) is 5.51. The van der Waals surface area contributed by atoms with E-state index in [0.29, 0.717) is 11.3 Å². The van der Waals surface area contributed by atoms with Gasteiger partial charge in [0.25, 0.3) is 0 Å². The minimum atomic E-state index is -0.920. The van der Waals surface area contributed by atoms with Gasteiger partial charge in [-0.15, -0.1) is 0 Å². The first-order valence-electron chi connectivity index (χ1n) is 7.60. The van der Waals surface area contributed by atoms with Gasteiger partial charge in [-0.05, 0) is 62.6 Å². The molecule has 0 aliphatic carbocycles. The Kier molecular flexibility index (Phi) is 3.64. The number of aromatic carboxylic acids is 1. The normalized spacial score (nSPS) is 11.0. The van der Waals surface area contributed by atoms with Crippen molar-refractivity contribution < 1.29 is 9.90 Å². The minimum absolute atomic E-state index is 0.309. The van der Waals surface area contributed by atoms with E-state index in [2.05, 4.69) is 6.07 Å². The minimum Gasteiger partial charge on any atom is -0.478 e. The lowest BCUT2D eigenvalue weighted by atomic mass is 9.97. The Bertz CT molecular complexity index is 942. The van der Waals surface area contributed by atoms with Crippen molar-refractivity contribution in [2.45, 2.75) is 27.7 Å². The molecule has 1 N–H and O–H groups in total. The van der Waals surface area contributed by atoms with Gasteiger partial charge in [0.15, 0.2) is 0 Å². The molecule has 2 aromatic carbocycles. The second-order valence-corrected chi connectivity index (χ2v) is 6.15. The average molecular weight is 305 g/mol. The summed E-state index contributed by atoms with van der Waals surface area (Å²) in [6, 6.07) is 11.8. The van der Waals surface area contributed by atoms with Crippen LogP contribution in [-0.4, -0.2) is 16.1 Å². The molecule has 1 aromatic heterocycles. The zero-order valence-corrected chi connectivity index (χ0v) is 13.8. The number of carbonyl (C=O) groups is 1. The lowest BCUT2D eigenvalue weighted by molar-refractivity contribution is 0.0699. The third-order valence-electron chi connectivity index (χ3n) is 4.15. The molecule has 0 bridgehead atoms. The Balaban J connectivity index is 2.40. The highest BCUT2D eigenvalue weighted by Gasteiger charge is 2.16. The molecule has 3 aromatic rings. The summed E-state index contributed by atoms with van der Waals surface area (Å²) in [5.41, 5.74) is 6.97. The number of rotatable bonds is 2. The molecule has 0 saturated carbocycles. The van der Waals surface area contributed by atoms with E-state index >= 15 is 0 Å². The lowest BCUT2D eigenvalue weighted by Gasteiger charge is -2.12. The van der Waals surface area contributed by atoms with Gasteiger partial charge in [0, 0.05) is 10.9 Å². The maximum atomic E-state index is 11.8. The molecule has 0 spiro atoms. The third kappa shape index (κ3) is 2.70. The predicted molar refractivity (Wildman–Crippen MR) is 93.1 cm³/mol. The fourth-order valence-corrected chi connectivity index (χ4v) is 3.07. The van der Waals surface area contributed by atoms with Gasteiger partial charge >= 0.3 is 5.97 Å². The first-order valence-corrected chi connectivity index (χ1v) is 7.60. The molecule has 3 nitrogen and oxygen atoms in total. The summed E-state index contributed by atoms with van der Waals surface area (Å²) in [5, 5.41) is 10.4. The first kappa shape index (κ1) is 15.2. The van der Waals surface area contributed by atoms with Gasteiger partial charge in [0.05, 0.1) is 16.8 Å². The SMILES string of the molecule is Cc1ccc(C)c(-c2cc(C(=O)O)c3c(C)cc(C)cc3n2)c1. The molecule has 23 heavy (non-hydrogen) atoms. The summed E-state index contributed by atoms with van der Waals surface area (Å²) in [5.74, 6) is -0.920. The molecule has 116 valence electrons. The van der Waals surface area contributed by atoms with E-state index in [1.165, 1.54) is 0 Å². The van der Waals surface area contributed by atoms with E-state index in [4.69, 9.17) is 4.98 Å². The van der Waals surface area contributed by atoms with E-state index in [0.717, 1.165) is 38.7 Å². The van der Waals surface area contributed by atoms with Crippen LogP contribution in [0.1, 0.15) is 32.6 Å². The Morgan fingerprint density at radius 2 is 1.65 bits per heavy atom. The number of aryl methyl sites for hydroxylation is 4. The van der Waals surface area contributed by atoms with Crippen LogP contribution < -0.4 is 0 Å². The van der Waals surface area contributed by atoms with Crippen LogP contribution >= 0.6 is 0 Å². The fraction of sp³-hybridized carbons (Fsp3) is 0.200. The number of fused-ring (bicyclic) bond motifs is 1. The standard InChI is InChI=1S/C20H19NO2/c1-11-5-6-13(3)15(8-11)17-10-16(20(22)23)19-14(4)7-12(2)9-18(19)21-17/h5-10H,1-4H3,(H,22,23). The molecule has 0 aliphatic rings. The lowest BCUT2D eigenvalue weighted by Crippen LogP contribution is -2.02. The van der Waals surface area contributed by atoms with Crippen LogP contribution in [-0.2, 0) is 0 Å². The quantitative estimate of drug-likeness (QED) is 0.737. The van der Waals surface area contributed by atoms with Crippen LogP contribution in [0.5, 0.6) is 0 Å². The van der Waals surface area contributed by atoms with E-state index in [1.54, 1.807) is 6.07 Å². The predicted octanol–water partition coefficient (Wildman–Crippen LogP) is 4.83. The smallest absolute Gasteiger partial charge is 0.336 e. The number of benzene rings is 2. The van der Waals surface area contributed by atoms with Crippen molar-refractivity contribution in [3.05, 3.63) is 64.2 Å². The Morgan fingerprint density at radius 1 is 0.913 bits per heavy atom. The van der Waals surface area contributed by atoms with Gasteiger partial charge in [-0.25, -0.2) is 9.78 Å². The summed E-state index contributed by atoms with van der Waals surface area (Å²) < 4.78 is 0. The first-order chi connectivity index (χ1) is 10.9. The molecule has 0 fully saturated rings. The average Bonchev–Trinajstić information content (AvgIpc) is 2.48. The molecule has 0 atom stereocenters. The second-order valence-electron chi connectivity index (χ2n) is 6.15. The Hall–Kier alpha value is -2.68. The number of carboxylic acids is 1. The molecule has 3 heteroatoms. The van der Waals surface area contributed by atoms with Crippen molar-refractivity contribution >= 4 is 16.9 Å².